The lowest BCUT2D eigenvalue weighted by Crippen LogP contribution is -2.06. The van der Waals surface area contributed by atoms with Gasteiger partial charge in [0.15, 0.2) is 6.29 Å². The first-order valence-electron chi connectivity index (χ1n) is 5.24. The van der Waals surface area contributed by atoms with Gasteiger partial charge in [-0.05, 0) is 13.8 Å². The minimum absolute atomic E-state index is 0.167. The SMILES string of the molecule is Cc1nc(Cl)c(C=O)c(NCc2cnc(C)s2)n1. The third kappa shape index (κ3) is 2.83. The zero-order valence-electron chi connectivity index (χ0n) is 9.90. The van der Waals surface area contributed by atoms with Gasteiger partial charge in [0.2, 0.25) is 0 Å². The van der Waals surface area contributed by atoms with Gasteiger partial charge in [0.25, 0.3) is 0 Å². The average molecular weight is 283 g/mol. The topological polar surface area (TPSA) is 67.8 Å². The highest BCUT2D eigenvalue weighted by molar-refractivity contribution is 7.11. The van der Waals surface area contributed by atoms with Crippen LogP contribution in [0, 0.1) is 13.8 Å². The van der Waals surface area contributed by atoms with Crippen LogP contribution in [0.5, 0.6) is 0 Å². The van der Waals surface area contributed by atoms with Crippen LogP contribution in [0.3, 0.4) is 0 Å². The van der Waals surface area contributed by atoms with Gasteiger partial charge in [-0.15, -0.1) is 11.3 Å². The van der Waals surface area contributed by atoms with E-state index in [9.17, 15) is 4.79 Å². The molecule has 0 aliphatic heterocycles. The maximum Gasteiger partial charge on any atom is 0.156 e. The maximum absolute atomic E-state index is 11.0. The number of aryl methyl sites for hydroxylation is 2. The van der Waals surface area contributed by atoms with Gasteiger partial charge in [-0.2, -0.15) is 0 Å². The molecule has 18 heavy (non-hydrogen) atoms. The molecule has 0 bridgehead atoms. The summed E-state index contributed by atoms with van der Waals surface area (Å²) in [4.78, 5) is 24.3. The lowest BCUT2D eigenvalue weighted by Gasteiger charge is -2.08. The molecule has 5 nitrogen and oxygen atoms in total. The molecule has 7 heteroatoms. The number of hydrogen-bond acceptors (Lipinski definition) is 6. The molecule has 2 heterocycles. The van der Waals surface area contributed by atoms with Crippen molar-refractivity contribution in [2.75, 3.05) is 5.32 Å². The van der Waals surface area contributed by atoms with E-state index in [4.69, 9.17) is 11.6 Å². The van der Waals surface area contributed by atoms with Crippen molar-refractivity contribution in [2.45, 2.75) is 20.4 Å². The Kier molecular flexibility index (Phi) is 3.88. The van der Waals surface area contributed by atoms with Crippen LogP contribution in [0.25, 0.3) is 0 Å². The van der Waals surface area contributed by atoms with Crippen molar-refractivity contribution < 1.29 is 4.79 Å². The van der Waals surface area contributed by atoms with Crippen LogP contribution in [-0.4, -0.2) is 21.2 Å². The van der Waals surface area contributed by atoms with Gasteiger partial charge < -0.3 is 5.32 Å². The number of aromatic nitrogens is 3. The first-order chi connectivity index (χ1) is 8.60. The van der Waals surface area contributed by atoms with E-state index in [1.54, 1.807) is 24.5 Å². The Bertz CT molecular complexity index is 584. The second-order valence-corrected chi connectivity index (χ2v) is 5.32. The Morgan fingerprint density at radius 2 is 2.22 bits per heavy atom. The molecule has 2 rings (SSSR count). The fourth-order valence-corrected chi connectivity index (χ4v) is 2.44. The number of anilines is 1. The number of carbonyl (C=O) groups is 1. The summed E-state index contributed by atoms with van der Waals surface area (Å²) < 4.78 is 0. The molecule has 0 spiro atoms. The van der Waals surface area contributed by atoms with E-state index in [1.165, 1.54) is 0 Å². The monoisotopic (exact) mass is 282 g/mol. The van der Waals surface area contributed by atoms with Gasteiger partial charge in [0, 0.05) is 11.1 Å². The predicted octanol–water partition coefficient (Wildman–Crippen LogP) is 2.63. The van der Waals surface area contributed by atoms with Gasteiger partial charge >= 0.3 is 0 Å². The lowest BCUT2D eigenvalue weighted by molar-refractivity contribution is 0.112. The second-order valence-electron chi connectivity index (χ2n) is 3.64. The molecule has 0 aliphatic rings. The lowest BCUT2D eigenvalue weighted by atomic mass is 10.3. The first-order valence-corrected chi connectivity index (χ1v) is 6.44. The molecule has 0 unspecified atom stereocenters. The molecule has 0 saturated heterocycles. The fraction of sp³-hybridized carbons (Fsp3) is 0.273. The van der Waals surface area contributed by atoms with Gasteiger partial charge in [0.1, 0.15) is 16.8 Å². The van der Waals surface area contributed by atoms with Crippen LogP contribution in [0.15, 0.2) is 6.20 Å². The van der Waals surface area contributed by atoms with E-state index in [-0.39, 0.29) is 10.7 Å². The van der Waals surface area contributed by atoms with E-state index >= 15 is 0 Å². The van der Waals surface area contributed by atoms with Crippen molar-refractivity contribution in [3.63, 3.8) is 0 Å². The molecule has 1 N–H and O–H groups in total. The highest BCUT2D eigenvalue weighted by Crippen LogP contribution is 2.20. The molecule has 0 atom stereocenters. The standard InChI is InChI=1S/C11H11ClN4OS/c1-6-15-10(12)9(5-17)11(16-6)14-4-8-3-13-7(2)18-8/h3,5H,4H2,1-2H3,(H,14,15,16). The quantitative estimate of drug-likeness (QED) is 0.690. The minimum Gasteiger partial charge on any atom is -0.364 e. The summed E-state index contributed by atoms with van der Waals surface area (Å²) >= 11 is 7.48. The van der Waals surface area contributed by atoms with E-state index < -0.39 is 0 Å². The third-order valence-electron chi connectivity index (χ3n) is 2.23. The summed E-state index contributed by atoms with van der Waals surface area (Å²) in [6.07, 6.45) is 2.45. The summed E-state index contributed by atoms with van der Waals surface area (Å²) in [7, 11) is 0. The van der Waals surface area contributed by atoms with Crippen molar-refractivity contribution in [3.05, 3.63) is 32.6 Å². The predicted molar refractivity (Wildman–Crippen MR) is 71.3 cm³/mol. The summed E-state index contributed by atoms with van der Waals surface area (Å²) in [5.74, 6) is 0.974. The number of rotatable bonds is 4. The molecule has 2 aromatic heterocycles. The molecule has 0 radical (unpaired) electrons. The van der Waals surface area contributed by atoms with Crippen LogP contribution >= 0.6 is 22.9 Å². The Morgan fingerprint density at radius 3 is 2.83 bits per heavy atom. The Balaban J connectivity index is 2.20. The van der Waals surface area contributed by atoms with E-state index in [2.05, 4.69) is 20.3 Å². The molecule has 0 amide bonds. The van der Waals surface area contributed by atoms with Crippen molar-refractivity contribution in [3.8, 4) is 0 Å². The molecular weight excluding hydrogens is 272 g/mol. The van der Waals surface area contributed by atoms with E-state index in [0.29, 0.717) is 24.5 Å². The van der Waals surface area contributed by atoms with Crippen LogP contribution in [0.2, 0.25) is 5.15 Å². The van der Waals surface area contributed by atoms with Crippen molar-refractivity contribution in [1.29, 1.82) is 0 Å². The fourth-order valence-electron chi connectivity index (χ4n) is 1.44. The Labute approximate surface area is 113 Å². The van der Waals surface area contributed by atoms with Crippen LogP contribution in [0.4, 0.5) is 5.82 Å². The number of nitrogens with zero attached hydrogens (tertiary/aromatic N) is 3. The minimum atomic E-state index is 0.167. The van der Waals surface area contributed by atoms with Gasteiger partial charge in [0.05, 0.1) is 17.1 Å². The van der Waals surface area contributed by atoms with Gasteiger partial charge in [-0.25, -0.2) is 15.0 Å². The molecule has 2 aromatic rings. The molecule has 0 aromatic carbocycles. The summed E-state index contributed by atoms with van der Waals surface area (Å²) in [6, 6.07) is 0. The van der Waals surface area contributed by atoms with Crippen LogP contribution < -0.4 is 5.32 Å². The summed E-state index contributed by atoms with van der Waals surface area (Å²) in [5.41, 5.74) is 0.281. The first kappa shape index (κ1) is 12.9. The Morgan fingerprint density at radius 1 is 1.44 bits per heavy atom. The number of nitrogens with one attached hydrogen (secondary N) is 1. The molecule has 0 fully saturated rings. The smallest absolute Gasteiger partial charge is 0.156 e. The average Bonchev–Trinajstić information content (AvgIpc) is 2.72. The number of carbonyl (C=O) groups excluding carboxylic acids is 1. The van der Waals surface area contributed by atoms with Crippen molar-refractivity contribution in [2.24, 2.45) is 0 Å². The van der Waals surface area contributed by atoms with E-state index in [1.807, 2.05) is 6.92 Å². The highest BCUT2D eigenvalue weighted by Gasteiger charge is 2.11. The third-order valence-corrected chi connectivity index (χ3v) is 3.43. The molecule has 94 valence electrons. The molecule has 0 aliphatic carbocycles. The number of thiazole rings is 1. The van der Waals surface area contributed by atoms with Crippen LogP contribution in [-0.2, 0) is 6.54 Å². The van der Waals surface area contributed by atoms with Crippen molar-refractivity contribution >= 4 is 35.0 Å². The van der Waals surface area contributed by atoms with Gasteiger partial charge in [-0.1, -0.05) is 11.6 Å². The van der Waals surface area contributed by atoms with Crippen molar-refractivity contribution in [1.82, 2.24) is 15.0 Å². The summed E-state index contributed by atoms with van der Waals surface area (Å²) in [6.45, 7) is 4.22. The van der Waals surface area contributed by atoms with Gasteiger partial charge in [-0.3, -0.25) is 4.79 Å². The van der Waals surface area contributed by atoms with E-state index in [0.717, 1.165) is 9.88 Å². The summed E-state index contributed by atoms with van der Waals surface area (Å²) in [5, 5.41) is 4.25. The molecular formula is C11H11ClN4OS. The normalized spacial score (nSPS) is 10.4. The highest BCUT2D eigenvalue weighted by atomic mass is 35.5. The number of halogens is 1. The molecule has 0 saturated carbocycles. The zero-order valence-corrected chi connectivity index (χ0v) is 11.5. The van der Waals surface area contributed by atoms with Crippen LogP contribution in [0.1, 0.15) is 26.1 Å². The Hall–Kier alpha value is -1.53. The number of aldehydes is 1. The number of hydrogen-bond donors (Lipinski definition) is 1. The second kappa shape index (κ2) is 5.41. The largest absolute Gasteiger partial charge is 0.364 e. The maximum atomic E-state index is 11.0. The zero-order chi connectivity index (χ0) is 13.1.